The minimum absolute atomic E-state index is 0. The van der Waals surface area contributed by atoms with Crippen LogP contribution in [0.2, 0.25) is 5.02 Å². The van der Waals surface area contributed by atoms with E-state index in [1.807, 2.05) is 0 Å². The monoisotopic (exact) mass is 350 g/mol. The van der Waals surface area contributed by atoms with Gasteiger partial charge < -0.3 is 5.32 Å². The van der Waals surface area contributed by atoms with E-state index in [-0.39, 0.29) is 30.4 Å². The Hall–Kier alpha value is -0.850. The standard InChI is InChI=1S/C13H15ClN4O.2ClH/c14-10-1-2-12-16-11(7-13(19)18(12)8-10)9-17-5-3-15-4-6-17;;/h1-2,7-8,15H,3-6,9H2;2*1H. The summed E-state index contributed by atoms with van der Waals surface area (Å²) in [5.74, 6) is 0. The van der Waals surface area contributed by atoms with Crippen LogP contribution in [0, 0.1) is 0 Å². The van der Waals surface area contributed by atoms with Gasteiger partial charge in [-0.15, -0.1) is 24.8 Å². The molecule has 0 spiro atoms. The number of halogens is 3. The van der Waals surface area contributed by atoms with E-state index in [0.717, 1.165) is 38.4 Å². The van der Waals surface area contributed by atoms with Gasteiger partial charge in [-0.1, -0.05) is 11.6 Å². The van der Waals surface area contributed by atoms with E-state index in [4.69, 9.17) is 11.6 Å². The molecular formula is C13H17Cl3N4O. The maximum absolute atomic E-state index is 12.0. The smallest absolute Gasteiger partial charge is 0.258 e. The van der Waals surface area contributed by atoms with Crippen molar-refractivity contribution >= 4 is 42.1 Å². The molecule has 1 aliphatic rings. The van der Waals surface area contributed by atoms with Crippen LogP contribution in [0.4, 0.5) is 0 Å². The van der Waals surface area contributed by atoms with Gasteiger partial charge >= 0.3 is 0 Å². The van der Waals surface area contributed by atoms with E-state index >= 15 is 0 Å². The van der Waals surface area contributed by atoms with Crippen LogP contribution in [-0.4, -0.2) is 40.5 Å². The van der Waals surface area contributed by atoms with E-state index in [0.29, 0.717) is 10.7 Å². The molecule has 1 saturated heterocycles. The van der Waals surface area contributed by atoms with Crippen molar-refractivity contribution in [3.8, 4) is 0 Å². The first-order chi connectivity index (χ1) is 9.22. The van der Waals surface area contributed by atoms with Crippen molar-refractivity contribution in [1.82, 2.24) is 19.6 Å². The molecule has 2 aromatic rings. The molecule has 1 fully saturated rings. The summed E-state index contributed by atoms with van der Waals surface area (Å²) in [6, 6.07) is 5.11. The summed E-state index contributed by atoms with van der Waals surface area (Å²) in [7, 11) is 0. The second-order valence-corrected chi connectivity index (χ2v) is 5.12. The van der Waals surface area contributed by atoms with Crippen molar-refractivity contribution in [2.45, 2.75) is 6.54 Å². The van der Waals surface area contributed by atoms with Gasteiger partial charge in [0.1, 0.15) is 5.65 Å². The molecular weight excluding hydrogens is 335 g/mol. The Morgan fingerprint density at radius 3 is 2.67 bits per heavy atom. The topological polar surface area (TPSA) is 49.6 Å². The number of piperazine rings is 1. The molecule has 0 bridgehead atoms. The lowest BCUT2D eigenvalue weighted by Crippen LogP contribution is -2.43. The highest BCUT2D eigenvalue weighted by atomic mass is 35.5. The lowest BCUT2D eigenvalue weighted by molar-refractivity contribution is 0.231. The third-order valence-corrected chi connectivity index (χ3v) is 3.50. The minimum Gasteiger partial charge on any atom is -0.314 e. The molecule has 0 amide bonds. The largest absolute Gasteiger partial charge is 0.314 e. The number of hydrogen-bond donors (Lipinski definition) is 1. The van der Waals surface area contributed by atoms with Gasteiger partial charge in [-0.05, 0) is 12.1 Å². The molecule has 3 rings (SSSR count). The average Bonchev–Trinajstić information content (AvgIpc) is 2.41. The summed E-state index contributed by atoms with van der Waals surface area (Å²) in [6.07, 6.45) is 1.60. The molecule has 8 heteroatoms. The first-order valence-electron chi connectivity index (χ1n) is 6.33. The van der Waals surface area contributed by atoms with Gasteiger partial charge in [0.05, 0.1) is 10.7 Å². The zero-order chi connectivity index (χ0) is 13.2. The lowest BCUT2D eigenvalue weighted by atomic mass is 10.3. The fourth-order valence-corrected chi connectivity index (χ4v) is 2.47. The summed E-state index contributed by atoms with van der Waals surface area (Å²) < 4.78 is 1.48. The Bertz CT molecular complexity index is 655. The van der Waals surface area contributed by atoms with Gasteiger partial charge in [0, 0.05) is 45.0 Å². The van der Waals surface area contributed by atoms with Crippen LogP contribution in [0.1, 0.15) is 5.69 Å². The predicted molar refractivity (Wildman–Crippen MR) is 89.1 cm³/mol. The molecule has 21 heavy (non-hydrogen) atoms. The fourth-order valence-electron chi connectivity index (χ4n) is 2.31. The second-order valence-electron chi connectivity index (χ2n) is 4.69. The Morgan fingerprint density at radius 1 is 1.24 bits per heavy atom. The predicted octanol–water partition coefficient (Wildman–Crippen LogP) is 1.60. The summed E-state index contributed by atoms with van der Waals surface area (Å²) >= 11 is 5.88. The molecule has 0 saturated carbocycles. The third-order valence-electron chi connectivity index (χ3n) is 3.27. The summed E-state index contributed by atoms with van der Waals surface area (Å²) in [5.41, 5.74) is 1.37. The quantitative estimate of drug-likeness (QED) is 0.893. The molecule has 0 aromatic carbocycles. The van der Waals surface area contributed by atoms with Crippen molar-refractivity contribution in [3.05, 3.63) is 45.5 Å². The minimum atomic E-state index is -0.0855. The number of nitrogens with zero attached hydrogens (tertiary/aromatic N) is 3. The van der Waals surface area contributed by atoms with Crippen LogP contribution in [0.3, 0.4) is 0 Å². The number of fused-ring (bicyclic) bond motifs is 1. The van der Waals surface area contributed by atoms with Crippen molar-refractivity contribution in [2.24, 2.45) is 0 Å². The summed E-state index contributed by atoms with van der Waals surface area (Å²) in [4.78, 5) is 18.8. The van der Waals surface area contributed by atoms with E-state index in [1.54, 1.807) is 24.4 Å². The Kier molecular flexibility index (Phi) is 6.90. The number of rotatable bonds is 2. The van der Waals surface area contributed by atoms with Crippen LogP contribution in [0.5, 0.6) is 0 Å². The first kappa shape index (κ1) is 18.2. The van der Waals surface area contributed by atoms with Gasteiger partial charge in [-0.3, -0.25) is 14.1 Å². The van der Waals surface area contributed by atoms with Gasteiger partial charge in [0.2, 0.25) is 0 Å². The summed E-state index contributed by atoms with van der Waals surface area (Å²) in [6.45, 7) is 4.67. The molecule has 2 aromatic heterocycles. The van der Waals surface area contributed by atoms with E-state index in [9.17, 15) is 4.79 Å². The highest BCUT2D eigenvalue weighted by Crippen LogP contribution is 2.09. The van der Waals surface area contributed by atoms with E-state index < -0.39 is 0 Å². The Labute approximate surface area is 140 Å². The van der Waals surface area contributed by atoms with Gasteiger partial charge in [-0.2, -0.15) is 0 Å². The molecule has 116 valence electrons. The molecule has 0 aliphatic carbocycles. The molecule has 0 radical (unpaired) electrons. The highest BCUT2D eigenvalue weighted by molar-refractivity contribution is 6.30. The second kappa shape index (κ2) is 7.96. The number of pyridine rings is 1. The third kappa shape index (κ3) is 4.31. The van der Waals surface area contributed by atoms with Crippen LogP contribution < -0.4 is 10.9 Å². The first-order valence-corrected chi connectivity index (χ1v) is 6.71. The van der Waals surface area contributed by atoms with Crippen molar-refractivity contribution in [1.29, 1.82) is 0 Å². The van der Waals surface area contributed by atoms with Crippen molar-refractivity contribution in [3.63, 3.8) is 0 Å². The normalized spacial score (nSPS) is 15.3. The van der Waals surface area contributed by atoms with Crippen LogP contribution in [0.15, 0.2) is 29.2 Å². The van der Waals surface area contributed by atoms with E-state index in [2.05, 4.69) is 15.2 Å². The molecule has 3 heterocycles. The Morgan fingerprint density at radius 2 is 1.95 bits per heavy atom. The van der Waals surface area contributed by atoms with Crippen molar-refractivity contribution < 1.29 is 0 Å². The fraction of sp³-hybridized carbons (Fsp3) is 0.385. The maximum Gasteiger partial charge on any atom is 0.258 e. The zero-order valence-corrected chi connectivity index (χ0v) is 13.7. The van der Waals surface area contributed by atoms with Crippen molar-refractivity contribution in [2.75, 3.05) is 26.2 Å². The number of nitrogens with one attached hydrogen (secondary N) is 1. The molecule has 1 N–H and O–H groups in total. The number of hydrogen-bond acceptors (Lipinski definition) is 4. The van der Waals surface area contributed by atoms with Crippen LogP contribution in [0.25, 0.3) is 5.65 Å². The molecule has 0 unspecified atom stereocenters. The lowest BCUT2D eigenvalue weighted by Gasteiger charge is -2.26. The zero-order valence-electron chi connectivity index (χ0n) is 11.3. The van der Waals surface area contributed by atoms with Crippen LogP contribution in [-0.2, 0) is 6.54 Å². The molecule has 5 nitrogen and oxygen atoms in total. The summed E-state index contributed by atoms with van der Waals surface area (Å²) in [5, 5.41) is 3.84. The number of aromatic nitrogens is 2. The molecule has 1 aliphatic heterocycles. The highest BCUT2D eigenvalue weighted by Gasteiger charge is 2.11. The van der Waals surface area contributed by atoms with Gasteiger partial charge in [0.15, 0.2) is 0 Å². The maximum atomic E-state index is 12.0. The van der Waals surface area contributed by atoms with E-state index in [1.165, 1.54) is 4.40 Å². The van der Waals surface area contributed by atoms with Gasteiger partial charge in [0.25, 0.3) is 5.56 Å². The average molecular weight is 352 g/mol. The van der Waals surface area contributed by atoms with Crippen LogP contribution >= 0.6 is 36.4 Å². The van der Waals surface area contributed by atoms with Gasteiger partial charge in [-0.25, -0.2) is 4.98 Å². The SMILES string of the molecule is Cl.Cl.O=c1cc(CN2CCNCC2)nc2ccc(Cl)cn12. The molecule has 0 atom stereocenters. The Balaban J connectivity index is 0.00000110.